The third-order valence-corrected chi connectivity index (χ3v) is 4.60. The minimum atomic E-state index is -4.23. The van der Waals surface area contributed by atoms with E-state index in [0.717, 1.165) is 0 Å². The van der Waals surface area contributed by atoms with Gasteiger partial charge in [-0.1, -0.05) is 6.07 Å². The van der Waals surface area contributed by atoms with E-state index in [2.05, 4.69) is 4.72 Å². The third kappa shape index (κ3) is 2.96. The minimum Gasteiger partial charge on any atom is -0.207 e. The highest BCUT2D eigenvalue weighted by Crippen LogP contribution is 2.20. The highest BCUT2D eigenvalue weighted by atomic mass is 32.2. The van der Waals surface area contributed by atoms with Crippen LogP contribution in [-0.4, -0.2) is 8.42 Å². The number of nitrogens with one attached hydrogen (secondary N) is 1. The molecule has 2 aromatic rings. The van der Waals surface area contributed by atoms with E-state index in [1.54, 1.807) is 17.5 Å². The van der Waals surface area contributed by atoms with Crippen molar-refractivity contribution in [3.05, 3.63) is 52.0 Å². The smallest absolute Gasteiger partial charge is 0.207 e. The molecule has 2 rings (SSSR count). The van der Waals surface area contributed by atoms with Crippen LogP contribution >= 0.6 is 11.3 Å². The van der Waals surface area contributed by atoms with Gasteiger partial charge in [0.05, 0.1) is 0 Å². The van der Waals surface area contributed by atoms with E-state index in [4.69, 9.17) is 0 Å². The lowest BCUT2D eigenvalue weighted by Crippen LogP contribution is -2.24. The predicted molar refractivity (Wildman–Crippen MR) is 64.7 cm³/mol. The van der Waals surface area contributed by atoms with E-state index in [9.17, 15) is 21.6 Å². The largest absolute Gasteiger partial charge is 0.243 e. The fourth-order valence-electron chi connectivity index (χ4n) is 1.37. The summed E-state index contributed by atoms with van der Waals surface area (Å²) in [6, 6.07) is 4.67. The minimum absolute atomic E-state index is 0.0432. The second-order valence-corrected chi connectivity index (χ2v) is 6.35. The molecular formula is C11H8F3NO2S2. The van der Waals surface area contributed by atoms with E-state index in [1.807, 2.05) is 0 Å². The van der Waals surface area contributed by atoms with E-state index in [-0.39, 0.29) is 6.54 Å². The standard InChI is InChI=1S/C11H8F3NO2S2/c12-8-3-4-9(11(14)10(8)13)19(16,17)15-6-7-2-1-5-18-7/h1-5,15H,6H2. The Balaban J connectivity index is 2.27. The summed E-state index contributed by atoms with van der Waals surface area (Å²) in [6.07, 6.45) is 0. The molecule has 0 aliphatic heterocycles. The molecule has 0 saturated carbocycles. The van der Waals surface area contributed by atoms with E-state index < -0.39 is 32.4 Å². The van der Waals surface area contributed by atoms with Gasteiger partial charge in [0.15, 0.2) is 17.5 Å². The summed E-state index contributed by atoms with van der Waals surface area (Å²) in [5, 5.41) is 1.75. The molecule has 0 radical (unpaired) electrons. The summed E-state index contributed by atoms with van der Waals surface area (Å²) in [5.41, 5.74) is 0. The summed E-state index contributed by atoms with van der Waals surface area (Å²) in [4.78, 5) is -0.200. The van der Waals surface area contributed by atoms with E-state index in [1.165, 1.54) is 11.3 Å². The van der Waals surface area contributed by atoms with Crippen molar-refractivity contribution in [3.8, 4) is 0 Å². The first-order valence-electron chi connectivity index (χ1n) is 5.07. The molecule has 19 heavy (non-hydrogen) atoms. The van der Waals surface area contributed by atoms with Gasteiger partial charge >= 0.3 is 0 Å². The molecule has 0 aliphatic carbocycles. The zero-order valence-corrected chi connectivity index (χ0v) is 11.0. The Kier molecular flexibility index (Phi) is 3.93. The molecule has 3 nitrogen and oxygen atoms in total. The number of hydrogen-bond acceptors (Lipinski definition) is 3. The van der Waals surface area contributed by atoms with Crippen LogP contribution in [0.2, 0.25) is 0 Å². The lowest BCUT2D eigenvalue weighted by atomic mass is 10.3. The van der Waals surface area contributed by atoms with Crippen LogP contribution in [0.3, 0.4) is 0 Å². The maximum atomic E-state index is 13.4. The van der Waals surface area contributed by atoms with E-state index in [0.29, 0.717) is 17.0 Å². The SMILES string of the molecule is O=S(=O)(NCc1cccs1)c1ccc(F)c(F)c1F. The van der Waals surface area contributed by atoms with Gasteiger partial charge < -0.3 is 0 Å². The van der Waals surface area contributed by atoms with Gasteiger partial charge in [-0.2, -0.15) is 0 Å². The van der Waals surface area contributed by atoms with Gasteiger partial charge in [0.1, 0.15) is 4.90 Å². The summed E-state index contributed by atoms with van der Waals surface area (Å²) in [6.45, 7) is -0.0432. The van der Waals surface area contributed by atoms with Crippen molar-refractivity contribution in [2.75, 3.05) is 0 Å². The van der Waals surface area contributed by atoms with Crippen LogP contribution in [0.1, 0.15) is 4.88 Å². The first-order chi connectivity index (χ1) is 8.92. The van der Waals surface area contributed by atoms with Gasteiger partial charge in [-0.25, -0.2) is 26.3 Å². The maximum absolute atomic E-state index is 13.4. The lowest BCUT2D eigenvalue weighted by Gasteiger charge is -2.07. The van der Waals surface area contributed by atoms with Crippen LogP contribution in [0, 0.1) is 17.5 Å². The van der Waals surface area contributed by atoms with Crippen LogP contribution in [-0.2, 0) is 16.6 Å². The second-order valence-electron chi connectivity index (χ2n) is 3.58. The van der Waals surface area contributed by atoms with Crippen LogP contribution in [0.5, 0.6) is 0 Å². The summed E-state index contributed by atoms with van der Waals surface area (Å²) in [7, 11) is -4.23. The number of hydrogen-bond donors (Lipinski definition) is 1. The molecule has 0 spiro atoms. The molecule has 0 bridgehead atoms. The first-order valence-corrected chi connectivity index (χ1v) is 7.43. The Morgan fingerprint density at radius 1 is 1.11 bits per heavy atom. The Morgan fingerprint density at radius 2 is 1.84 bits per heavy atom. The Labute approximate surface area is 111 Å². The molecule has 1 N–H and O–H groups in total. The van der Waals surface area contributed by atoms with Gasteiger partial charge in [0, 0.05) is 11.4 Å². The zero-order valence-electron chi connectivity index (χ0n) is 9.36. The molecule has 0 saturated heterocycles. The van der Waals surface area contributed by atoms with Crippen molar-refractivity contribution in [2.45, 2.75) is 11.4 Å². The number of thiophene rings is 1. The lowest BCUT2D eigenvalue weighted by molar-refractivity contribution is 0.431. The van der Waals surface area contributed by atoms with Crippen molar-refractivity contribution in [1.29, 1.82) is 0 Å². The zero-order chi connectivity index (χ0) is 14.0. The predicted octanol–water partition coefficient (Wildman–Crippen LogP) is 2.64. The average molecular weight is 307 g/mol. The van der Waals surface area contributed by atoms with Gasteiger partial charge in [0.25, 0.3) is 0 Å². The van der Waals surface area contributed by atoms with Crippen LogP contribution in [0.15, 0.2) is 34.5 Å². The molecule has 0 aliphatic rings. The summed E-state index contributed by atoms with van der Waals surface area (Å²) >= 11 is 1.31. The van der Waals surface area contributed by atoms with Gasteiger partial charge in [0.2, 0.25) is 10.0 Å². The monoisotopic (exact) mass is 307 g/mol. The topological polar surface area (TPSA) is 46.2 Å². The van der Waals surface area contributed by atoms with Crippen molar-refractivity contribution >= 4 is 21.4 Å². The third-order valence-electron chi connectivity index (χ3n) is 2.31. The molecule has 0 amide bonds. The molecule has 0 atom stereocenters. The summed E-state index contributed by atoms with van der Waals surface area (Å²) in [5.74, 6) is -4.97. The van der Waals surface area contributed by atoms with Gasteiger partial charge in [-0.15, -0.1) is 11.3 Å². The molecule has 0 fully saturated rings. The average Bonchev–Trinajstić information content (AvgIpc) is 2.86. The highest BCUT2D eigenvalue weighted by Gasteiger charge is 2.23. The van der Waals surface area contributed by atoms with Crippen molar-refractivity contribution < 1.29 is 21.6 Å². The van der Waals surface area contributed by atoms with Crippen LogP contribution < -0.4 is 4.72 Å². The quantitative estimate of drug-likeness (QED) is 0.883. The number of halogens is 3. The molecule has 1 aromatic heterocycles. The fourth-order valence-corrected chi connectivity index (χ4v) is 3.18. The van der Waals surface area contributed by atoms with Crippen molar-refractivity contribution in [2.24, 2.45) is 0 Å². The normalized spacial score (nSPS) is 11.7. The number of sulfonamides is 1. The molecule has 0 unspecified atom stereocenters. The van der Waals surface area contributed by atoms with Gasteiger partial charge in [-0.05, 0) is 23.6 Å². The molecule has 102 valence electrons. The van der Waals surface area contributed by atoms with Crippen LogP contribution in [0.25, 0.3) is 0 Å². The highest BCUT2D eigenvalue weighted by molar-refractivity contribution is 7.89. The van der Waals surface area contributed by atoms with Crippen molar-refractivity contribution in [1.82, 2.24) is 4.72 Å². The second kappa shape index (κ2) is 5.32. The Hall–Kier alpha value is -1.38. The van der Waals surface area contributed by atoms with Crippen molar-refractivity contribution in [3.63, 3.8) is 0 Å². The van der Waals surface area contributed by atoms with E-state index >= 15 is 0 Å². The van der Waals surface area contributed by atoms with Crippen LogP contribution in [0.4, 0.5) is 13.2 Å². The Morgan fingerprint density at radius 3 is 2.47 bits per heavy atom. The molecule has 1 aromatic carbocycles. The maximum Gasteiger partial charge on any atom is 0.243 e. The number of rotatable bonds is 4. The van der Waals surface area contributed by atoms with Gasteiger partial charge in [-0.3, -0.25) is 0 Å². The Bertz CT molecular complexity index is 684. The first kappa shape index (κ1) is 14.0. The molecular weight excluding hydrogens is 299 g/mol. The fraction of sp³-hybridized carbons (Fsp3) is 0.0909. The summed E-state index contributed by atoms with van der Waals surface area (Å²) < 4.78 is 64.8. The molecule has 1 heterocycles. The number of benzene rings is 1. The molecule has 8 heteroatoms.